The number of nitrogens with two attached hydrogens (primary N) is 1. The number of carbonyl (C=O) groups excluding carboxylic acids is 1. The van der Waals surface area contributed by atoms with Gasteiger partial charge >= 0.3 is 5.97 Å². The number of carbonyl (C=O) groups is 2. The average Bonchev–Trinajstić information content (AvgIpc) is 2.84. The Kier molecular flexibility index (Phi) is 3.14. The van der Waals surface area contributed by atoms with Gasteiger partial charge in [0.25, 0.3) is 0 Å². The second kappa shape index (κ2) is 4.41. The van der Waals surface area contributed by atoms with Crippen LogP contribution in [0.3, 0.4) is 0 Å². The monoisotopic (exact) mass is 226 g/mol. The molecule has 5 nitrogen and oxygen atoms in total. The Morgan fingerprint density at radius 3 is 2.50 bits per heavy atom. The predicted octanol–water partition coefficient (Wildman–Crippen LogP) is 0.189. The molecule has 1 aliphatic carbocycles. The van der Waals surface area contributed by atoms with E-state index in [9.17, 15) is 9.59 Å². The maximum absolute atomic E-state index is 12.2. The zero-order chi connectivity index (χ0) is 11.7. The van der Waals surface area contributed by atoms with Gasteiger partial charge < -0.3 is 15.7 Å². The molecular weight excluding hydrogens is 208 g/mol. The number of hydrogen-bond donors (Lipinski definition) is 2. The molecule has 2 aliphatic rings. The highest BCUT2D eigenvalue weighted by molar-refractivity contribution is 5.86. The van der Waals surface area contributed by atoms with E-state index in [1.807, 2.05) is 0 Å². The lowest BCUT2D eigenvalue weighted by Crippen LogP contribution is -2.46. The largest absolute Gasteiger partial charge is 0.480 e. The number of carboxylic acid groups (broad SMARTS) is 1. The lowest BCUT2D eigenvalue weighted by molar-refractivity contribution is -0.150. The number of likely N-dealkylation sites (tertiary alicyclic amines) is 1. The van der Waals surface area contributed by atoms with Gasteiger partial charge in [-0.1, -0.05) is 6.42 Å². The molecule has 1 amide bonds. The molecule has 0 radical (unpaired) electrons. The van der Waals surface area contributed by atoms with Gasteiger partial charge in [-0.25, -0.2) is 4.79 Å². The molecule has 3 atom stereocenters. The second-order valence-corrected chi connectivity index (χ2v) is 4.73. The topological polar surface area (TPSA) is 83.6 Å². The number of hydrogen-bond acceptors (Lipinski definition) is 3. The van der Waals surface area contributed by atoms with E-state index in [0.29, 0.717) is 13.0 Å². The number of amides is 1. The maximum atomic E-state index is 12.2. The quantitative estimate of drug-likeness (QED) is 0.704. The van der Waals surface area contributed by atoms with Crippen molar-refractivity contribution < 1.29 is 14.7 Å². The van der Waals surface area contributed by atoms with E-state index in [4.69, 9.17) is 10.8 Å². The zero-order valence-electron chi connectivity index (χ0n) is 9.26. The van der Waals surface area contributed by atoms with Crippen LogP contribution in [-0.2, 0) is 9.59 Å². The molecule has 0 bridgehead atoms. The molecule has 1 saturated heterocycles. The summed E-state index contributed by atoms with van der Waals surface area (Å²) < 4.78 is 0. The first-order valence-electron chi connectivity index (χ1n) is 5.90. The van der Waals surface area contributed by atoms with Crippen molar-refractivity contribution in [2.45, 2.75) is 44.2 Å². The predicted molar refractivity (Wildman–Crippen MR) is 57.7 cm³/mol. The molecule has 5 heteroatoms. The molecule has 1 heterocycles. The lowest BCUT2D eigenvalue weighted by atomic mass is 10.0. The highest BCUT2D eigenvalue weighted by Crippen LogP contribution is 2.29. The SMILES string of the molecule is NC1CCCC1C(=O)N1CCC[C@@H]1C(=O)O. The second-order valence-electron chi connectivity index (χ2n) is 4.73. The van der Waals surface area contributed by atoms with Gasteiger partial charge in [-0.3, -0.25) is 4.79 Å². The molecule has 2 fully saturated rings. The minimum atomic E-state index is -0.891. The number of nitrogens with zero attached hydrogens (tertiary/aromatic N) is 1. The molecular formula is C11H18N2O3. The van der Waals surface area contributed by atoms with Gasteiger partial charge in [0.15, 0.2) is 0 Å². The van der Waals surface area contributed by atoms with Crippen LogP contribution in [0.1, 0.15) is 32.1 Å². The highest BCUT2D eigenvalue weighted by atomic mass is 16.4. The van der Waals surface area contributed by atoms with E-state index in [1.165, 1.54) is 4.90 Å². The fraction of sp³-hybridized carbons (Fsp3) is 0.818. The molecule has 2 unspecified atom stereocenters. The number of carboxylic acids is 1. The standard InChI is InChI=1S/C11H18N2O3/c12-8-4-1-3-7(8)10(14)13-6-2-5-9(13)11(15)16/h7-9H,1-6,12H2,(H,15,16)/t7?,8?,9-/m1/s1. The molecule has 0 aromatic heterocycles. The first-order valence-corrected chi connectivity index (χ1v) is 5.90. The Labute approximate surface area is 94.6 Å². The Balaban J connectivity index is 2.06. The van der Waals surface area contributed by atoms with Crippen molar-refractivity contribution in [1.82, 2.24) is 4.90 Å². The van der Waals surface area contributed by atoms with Gasteiger partial charge in [0, 0.05) is 12.6 Å². The summed E-state index contributed by atoms with van der Waals surface area (Å²) in [5.41, 5.74) is 5.87. The van der Waals surface area contributed by atoms with Gasteiger partial charge in [0.1, 0.15) is 6.04 Å². The molecule has 16 heavy (non-hydrogen) atoms. The maximum Gasteiger partial charge on any atom is 0.326 e. The molecule has 2 rings (SSSR count). The van der Waals surface area contributed by atoms with E-state index < -0.39 is 12.0 Å². The lowest BCUT2D eigenvalue weighted by Gasteiger charge is -2.26. The van der Waals surface area contributed by atoms with E-state index in [1.54, 1.807) is 0 Å². The summed E-state index contributed by atoms with van der Waals surface area (Å²) in [5, 5.41) is 9.02. The number of rotatable bonds is 2. The van der Waals surface area contributed by atoms with Crippen molar-refractivity contribution in [3.63, 3.8) is 0 Å². The van der Waals surface area contributed by atoms with E-state index in [-0.39, 0.29) is 17.9 Å². The fourth-order valence-corrected chi connectivity index (χ4v) is 2.80. The molecule has 1 aliphatic heterocycles. The highest BCUT2D eigenvalue weighted by Gasteiger charge is 2.40. The third-order valence-corrected chi connectivity index (χ3v) is 3.71. The first-order chi connectivity index (χ1) is 7.61. The number of aliphatic carboxylic acids is 1. The van der Waals surface area contributed by atoms with E-state index >= 15 is 0 Å². The molecule has 0 aromatic carbocycles. The minimum Gasteiger partial charge on any atom is -0.480 e. The Morgan fingerprint density at radius 2 is 1.94 bits per heavy atom. The smallest absolute Gasteiger partial charge is 0.326 e. The van der Waals surface area contributed by atoms with E-state index in [2.05, 4.69) is 0 Å². The van der Waals surface area contributed by atoms with Crippen molar-refractivity contribution in [3.05, 3.63) is 0 Å². The van der Waals surface area contributed by atoms with Gasteiger partial charge in [-0.15, -0.1) is 0 Å². The molecule has 3 N–H and O–H groups in total. The van der Waals surface area contributed by atoms with Crippen LogP contribution in [0.25, 0.3) is 0 Å². The van der Waals surface area contributed by atoms with Gasteiger partial charge in [-0.2, -0.15) is 0 Å². The van der Waals surface area contributed by atoms with Crippen LogP contribution in [0.4, 0.5) is 0 Å². The summed E-state index contributed by atoms with van der Waals surface area (Å²) in [5.74, 6) is -1.09. The minimum absolute atomic E-state index is 0.0464. The van der Waals surface area contributed by atoms with Gasteiger partial charge in [0.2, 0.25) is 5.91 Å². The Morgan fingerprint density at radius 1 is 1.19 bits per heavy atom. The molecule has 1 saturated carbocycles. The Bertz CT molecular complexity index is 306. The van der Waals surface area contributed by atoms with Crippen LogP contribution in [0.2, 0.25) is 0 Å². The normalized spacial score (nSPS) is 34.3. The van der Waals surface area contributed by atoms with Crippen LogP contribution >= 0.6 is 0 Å². The van der Waals surface area contributed by atoms with Crippen molar-refractivity contribution in [1.29, 1.82) is 0 Å². The van der Waals surface area contributed by atoms with Crippen LogP contribution in [0.5, 0.6) is 0 Å². The van der Waals surface area contributed by atoms with Crippen LogP contribution in [-0.4, -0.2) is 40.5 Å². The summed E-state index contributed by atoms with van der Waals surface area (Å²) in [4.78, 5) is 24.7. The van der Waals surface area contributed by atoms with Crippen LogP contribution < -0.4 is 5.73 Å². The summed E-state index contributed by atoms with van der Waals surface area (Å²) in [6.07, 6.45) is 4.02. The zero-order valence-corrected chi connectivity index (χ0v) is 9.26. The Hall–Kier alpha value is -1.10. The summed E-state index contributed by atoms with van der Waals surface area (Å²) >= 11 is 0. The average molecular weight is 226 g/mol. The molecule has 0 spiro atoms. The van der Waals surface area contributed by atoms with Gasteiger partial charge in [0.05, 0.1) is 5.92 Å². The van der Waals surface area contributed by atoms with Gasteiger partial charge in [-0.05, 0) is 25.7 Å². The summed E-state index contributed by atoms with van der Waals surface area (Å²) in [6, 6.07) is -0.706. The van der Waals surface area contributed by atoms with Crippen LogP contribution in [0, 0.1) is 5.92 Å². The van der Waals surface area contributed by atoms with E-state index in [0.717, 1.165) is 25.7 Å². The molecule has 90 valence electrons. The van der Waals surface area contributed by atoms with Crippen molar-refractivity contribution >= 4 is 11.9 Å². The summed E-state index contributed by atoms with van der Waals surface area (Å²) in [7, 11) is 0. The fourth-order valence-electron chi connectivity index (χ4n) is 2.80. The summed E-state index contributed by atoms with van der Waals surface area (Å²) in [6.45, 7) is 0.568. The van der Waals surface area contributed by atoms with Crippen molar-refractivity contribution in [2.75, 3.05) is 6.54 Å². The third-order valence-electron chi connectivity index (χ3n) is 3.71. The molecule has 0 aromatic rings. The first kappa shape index (κ1) is 11.4. The van der Waals surface area contributed by atoms with Crippen molar-refractivity contribution in [3.8, 4) is 0 Å². The third kappa shape index (κ3) is 1.91. The van der Waals surface area contributed by atoms with Crippen LogP contribution in [0.15, 0.2) is 0 Å². The van der Waals surface area contributed by atoms with Crippen molar-refractivity contribution in [2.24, 2.45) is 11.7 Å².